The Morgan fingerprint density at radius 1 is 0.947 bits per heavy atom. The van der Waals surface area contributed by atoms with Crippen LogP contribution in [0.1, 0.15) is 15.9 Å². The highest BCUT2D eigenvalue weighted by Gasteiger charge is 2.38. The molecule has 0 spiro atoms. The van der Waals surface area contributed by atoms with Crippen LogP contribution in [0.2, 0.25) is 0 Å². The molecule has 4 aromatic rings. The summed E-state index contributed by atoms with van der Waals surface area (Å²) in [6, 6.07) is 14.8. The average Bonchev–Trinajstić information content (AvgIpc) is 2.95. The molecule has 1 aliphatic heterocycles. The number of carbonyl (C=O) groups is 1. The van der Waals surface area contributed by atoms with E-state index in [0.717, 1.165) is 0 Å². The number of piperazine rings is 1. The van der Waals surface area contributed by atoms with E-state index >= 15 is 0 Å². The lowest BCUT2D eigenvalue weighted by Gasteiger charge is -2.37. The van der Waals surface area contributed by atoms with Gasteiger partial charge in [-0.15, -0.1) is 0 Å². The van der Waals surface area contributed by atoms with Crippen LogP contribution in [-0.2, 0) is 10.9 Å². The van der Waals surface area contributed by atoms with E-state index < -0.39 is 17.7 Å². The third-order valence-corrected chi connectivity index (χ3v) is 6.58. The van der Waals surface area contributed by atoms with E-state index in [1.807, 2.05) is 4.90 Å². The van der Waals surface area contributed by atoms with E-state index in [9.17, 15) is 18.0 Å². The second-order valence-electron chi connectivity index (χ2n) is 8.75. The van der Waals surface area contributed by atoms with Gasteiger partial charge in [0.1, 0.15) is 5.82 Å². The lowest BCUT2D eigenvalue weighted by atomic mass is 9.98. The fourth-order valence-corrected chi connectivity index (χ4v) is 4.69. The first kappa shape index (κ1) is 25.0. The zero-order chi connectivity index (χ0) is 26.9. The molecular weight excluding hydrogens is 495 g/mol. The van der Waals surface area contributed by atoms with Gasteiger partial charge in [0.05, 0.1) is 42.2 Å². The number of pyridine rings is 2. The summed E-state index contributed by atoms with van der Waals surface area (Å²) in [5.41, 5.74) is 1.63. The topological polar surface area (TPSA) is 62.9 Å². The van der Waals surface area contributed by atoms with Crippen molar-refractivity contribution in [3.05, 3.63) is 89.5 Å². The van der Waals surface area contributed by atoms with Crippen molar-refractivity contribution in [3.63, 3.8) is 0 Å². The number of esters is 1. The molecule has 0 saturated carbocycles. The van der Waals surface area contributed by atoms with Crippen molar-refractivity contribution >= 4 is 34.1 Å². The average molecular weight is 518 g/mol. The van der Waals surface area contributed by atoms with Crippen LogP contribution in [0.5, 0.6) is 0 Å². The number of para-hydroxylation sites is 1. The highest BCUT2D eigenvalue weighted by atomic mass is 19.4. The number of benzene rings is 2. The quantitative estimate of drug-likeness (QED) is 0.245. The number of fused-ring (bicyclic) bond motifs is 1. The van der Waals surface area contributed by atoms with Gasteiger partial charge < -0.3 is 14.5 Å². The van der Waals surface area contributed by atoms with Crippen molar-refractivity contribution in [2.24, 2.45) is 0 Å². The smallest absolute Gasteiger partial charge is 0.419 e. The summed E-state index contributed by atoms with van der Waals surface area (Å²) in [7, 11) is 1.29. The Morgan fingerprint density at radius 2 is 1.66 bits per heavy atom. The molecule has 5 rings (SSSR count). The molecule has 0 bridgehead atoms. The van der Waals surface area contributed by atoms with Crippen LogP contribution in [0, 0.1) is 6.57 Å². The molecule has 0 N–H and O–H groups in total. The van der Waals surface area contributed by atoms with E-state index in [1.54, 1.807) is 53.4 Å². The number of hydrogen-bond acceptors (Lipinski definition) is 6. The standard InChI is InChI=1S/C28H22F3N5O2/c1-32-20-9-6-18(7-10-20)21-4-3-5-22-25(28(29,30)31)23(17-34-26(21)22)35-12-14-36(15-13-35)24-11-8-19(16-33-24)27(37)38-2/h3-11,16-17H,12-15H2,2H3. The molecule has 1 saturated heterocycles. The van der Waals surface area contributed by atoms with E-state index in [2.05, 4.69) is 19.5 Å². The summed E-state index contributed by atoms with van der Waals surface area (Å²) in [6.07, 6.45) is -1.86. The van der Waals surface area contributed by atoms with Gasteiger partial charge in [-0.3, -0.25) is 4.98 Å². The minimum Gasteiger partial charge on any atom is -0.465 e. The maximum atomic E-state index is 14.5. The van der Waals surface area contributed by atoms with Crippen LogP contribution in [0.3, 0.4) is 0 Å². The molecule has 2 aromatic carbocycles. The highest BCUT2D eigenvalue weighted by Crippen LogP contribution is 2.43. The number of nitrogens with zero attached hydrogens (tertiary/aromatic N) is 5. The predicted octanol–water partition coefficient (Wildman–Crippen LogP) is 5.98. The molecule has 1 fully saturated rings. The van der Waals surface area contributed by atoms with E-state index in [0.29, 0.717) is 54.4 Å². The normalized spacial score (nSPS) is 13.9. The third kappa shape index (κ3) is 4.70. The molecule has 1 aliphatic rings. The third-order valence-electron chi connectivity index (χ3n) is 6.58. The first-order valence-electron chi connectivity index (χ1n) is 11.8. The van der Waals surface area contributed by atoms with Crippen LogP contribution < -0.4 is 9.80 Å². The predicted molar refractivity (Wildman–Crippen MR) is 138 cm³/mol. The van der Waals surface area contributed by atoms with E-state index in [4.69, 9.17) is 6.57 Å². The number of aromatic nitrogens is 2. The van der Waals surface area contributed by atoms with Crippen molar-refractivity contribution in [1.82, 2.24) is 9.97 Å². The number of alkyl halides is 3. The number of halogens is 3. The number of carbonyl (C=O) groups excluding carboxylic acids is 1. The maximum absolute atomic E-state index is 14.5. The molecule has 7 nitrogen and oxygen atoms in total. The van der Waals surface area contributed by atoms with Gasteiger partial charge in [-0.05, 0) is 17.7 Å². The largest absolute Gasteiger partial charge is 0.465 e. The number of hydrogen-bond donors (Lipinski definition) is 0. The second-order valence-corrected chi connectivity index (χ2v) is 8.75. The molecule has 0 aliphatic carbocycles. The summed E-state index contributed by atoms with van der Waals surface area (Å²) < 4.78 is 48.2. The SMILES string of the molecule is [C-]#[N+]c1ccc(-c2cccc3c(C(F)(F)F)c(N4CCN(c5ccc(C(=O)OC)cn5)CC4)cnc23)cc1. The van der Waals surface area contributed by atoms with Crippen LogP contribution in [0.25, 0.3) is 26.9 Å². The number of ether oxygens (including phenoxy) is 1. The van der Waals surface area contributed by atoms with E-state index in [-0.39, 0.29) is 16.6 Å². The zero-order valence-electron chi connectivity index (χ0n) is 20.4. The van der Waals surface area contributed by atoms with Gasteiger partial charge in [-0.2, -0.15) is 13.2 Å². The van der Waals surface area contributed by atoms with Gasteiger partial charge in [0, 0.05) is 43.3 Å². The molecule has 38 heavy (non-hydrogen) atoms. The molecule has 0 amide bonds. The van der Waals surface area contributed by atoms with Gasteiger partial charge in [0.25, 0.3) is 0 Å². The minimum absolute atomic E-state index is 0.0317. The molecule has 2 aromatic heterocycles. The Bertz CT molecular complexity index is 1520. The molecule has 192 valence electrons. The van der Waals surface area contributed by atoms with Crippen molar-refractivity contribution in [2.45, 2.75) is 6.18 Å². The van der Waals surface area contributed by atoms with Crippen molar-refractivity contribution < 1.29 is 22.7 Å². The molecular formula is C28H22F3N5O2. The second kappa shape index (κ2) is 10.0. The summed E-state index contributed by atoms with van der Waals surface area (Å²) in [5.74, 6) is 0.153. The Morgan fingerprint density at radius 3 is 2.26 bits per heavy atom. The van der Waals surface area contributed by atoms with Gasteiger partial charge in [0.15, 0.2) is 5.69 Å². The number of methoxy groups -OCH3 is 1. The Balaban J connectivity index is 1.45. The summed E-state index contributed by atoms with van der Waals surface area (Å²) in [6.45, 7) is 8.71. The van der Waals surface area contributed by atoms with Crippen LogP contribution in [0.15, 0.2) is 67.0 Å². The zero-order valence-corrected chi connectivity index (χ0v) is 20.4. The van der Waals surface area contributed by atoms with Crippen molar-refractivity contribution in [2.75, 3.05) is 43.1 Å². The Labute approximate surface area is 216 Å². The molecule has 10 heteroatoms. The maximum Gasteiger partial charge on any atom is 0.419 e. The minimum atomic E-state index is -4.59. The van der Waals surface area contributed by atoms with Gasteiger partial charge in [-0.1, -0.05) is 42.5 Å². The van der Waals surface area contributed by atoms with Crippen molar-refractivity contribution in [1.29, 1.82) is 0 Å². The highest BCUT2D eigenvalue weighted by molar-refractivity contribution is 5.98. The summed E-state index contributed by atoms with van der Waals surface area (Å²) >= 11 is 0. The first-order chi connectivity index (χ1) is 18.3. The molecule has 3 heterocycles. The lowest BCUT2D eigenvalue weighted by molar-refractivity contribution is -0.135. The Hall–Kier alpha value is -4.65. The van der Waals surface area contributed by atoms with E-state index in [1.165, 1.54) is 25.6 Å². The Kier molecular flexibility index (Phi) is 6.59. The molecule has 0 radical (unpaired) electrons. The van der Waals surface area contributed by atoms with Crippen LogP contribution in [0.4, 0.5) is 30.4 Å². The van der Waals surface area contributed by atoms with Crippen molar-refractivity contribution in [3.8, 4) is 11.1 Å². The fraction of sp³-hybridized carbons (Fsp3) is 0.214. The lowest BCUT2D eigenvalue weighted by Crippen LogP contribution is -2.47. The van der Waals surface area contributed by atoms with Crippen LogP contribution >= 0.6 is 0 Å². The van der Waals surface area contributed by atoms with Gasteiger partial charge >= 0.3 is 12.1 Å². The first-order valence-corrected chi connectivity index (χ1v) is 11.8. The fourth-order valence-electron chi connectivity index (χ4n) is 4.69. The number of anilines is 2. The monoisotopic (exact) mass is 517 g/mol. The molecule has 0 unspecified atom stereocenters. The van der Waals surface area contributed by atoms with Gasteiger partial charge in [0.2, 0.25) is 0 Å². The van der Waals surface area contributed by atoms with Gasteiger partial charge in [-0.25, -0.2) is 14.6 Å². The summed E-state index contributed by atoms with van der Waals surface area (Å²) in [5, 5.41) is 0.0317. The number of rotatable bonds is 4. The summed E-state index contributed by atoms with van der Waals surface area (Å²) in [4.78, 5) is 27.5. The van der Waals surface area contributed by atoms with Crippen LogP contribution in [-0.4, -0.2) is 49.2 Å². The molecule has 0 atom stereocenters.